The summed E-state index contributed by atoms with van der Waals surface area (Å²) in [7, 11) is -0.777. The van der Waals surface area contributed by atoms with Crippen LogP contribution in [0, 0.1) is 6.92 Å². The summed E-state index contributed by atoms with van der Waals surface area (Å²) in [5.74, 6) is 2.73. The number of hydrogen-bond donors (Lipinski definition) is 2. The van der Waals surface area contributed by atoms with Gasteiger partial charge in [0, 0.05) is 40.3 Å². The first-order valence-electron chi connectivity index (χ1n) is 6.69. The predicted octanol–water partition coefficient (Wildman–Crippen LogP) is 1.81. The molecular formula is C13H22N4OS. The number of nitrogens with two attached hydrogens (primary N) is 1. The van der Waals surface area contributed by atoms with E-state index < -0.39 is 10.8 Å². The van der Waals surface area contributed by atoms with Crippen molar-refractivity contribution in [1.29, 1.82) is 0 Å². The molecule has 6 heteroatoms. The molecule has 3 N–H and O–H groups in total. The van der Waals surface area contributed by atoms with Gasteiger partial charge in [0.25, 0.3) is 0 Å². The summed E-state index contributed by atoms with van der Waals surface area (Å²) in [5, 5.41) is 3.49. The average molecular weight is 282 g/mol. The molecule has 0 bridgehead atoms. The second-order valence-corrected chi connectivity index (χ2v) is 7.04. The highest BCUT2D eigenvalue weighted by Crippen LogP contribution is 2.39. The first kappa shape index (κ1) is 14.2. The lowest BCUT2D eigenvalue weighted by Gasteiger charge is -2.13. The zero-order valence-corrected chi connectivity index (χ0v) is 12.6. The van der Waals surface area contributed by atoms with E-state index in [1.165, 1.54) is 0 Å². The second-order valence-electron chi connectivity index (χ2n) is 5.24. The highest BCUT2D eigenvalue weighted by molar-refractivity contribution is 7.84. The lowest BCUT2D eigenvalue weighted by atomic mass is 10.2. The third-order valence-corrected chi connectivity index (χ3v) is 4.92. The van der Waals surface area contributed by atoms with Gasteiger partial charge in [0.15, 0.2) is 0 Å². The van der Waals surface area contributed by atoms with Gasteiger partial charge in [0.05, 0.1) is 0 Å². The zero-order valence-electron chi connectivity index (χ0n) is 11.8. The normalized spacial score (nSPS) is 18.1. The lowest BCUT2D eigenvalue weighted by Crippen LogP contribution is -2.16. The molecule has 0 saturated heterocycles. The van der Waals surface area contributed by atoms with Crippen molar-refractivity contribution in [2.45, 2.75) is 44.3 Å². The Bertz CT molecular complexity index is 488. The topological polar surface area (TPSA) is 80.9 Å². The Morgan fingerprint density at radius 2 is 2.16 bits per heavy atom. The van der Waals surface area contributed by atoms with Crippen LogP contribution < -0.4 is 11.1 Å². The zero-order chi connectivity index (χ0) is 14.0. The molecule has 0 aliphatic heterocycles. The summed E-state index contributed by atoms with van der Waals surface area (Å²) in [6.45, 7) is 4.67. The van der Waals surface area contributed by atoms with E-state index in [-0.39, 0.29) is 5.25 Å². The van der Waals surface area contributed by atoms with Gasteiger partial charge in [0.2, 0.25) is 0 Å². The lowest BCUT2D eigenvalue weighted by molar-refractivity contribution is 0.672. The van der Waals surface area contributed by atoms with Crippen LogP contribution in [-0.4, -0.2) is 32.2 Å². The van der Waals surface area contributed by atoms with Gasteiger partial charge < -0.3 is 11.1 Å². The smallest absolute Gasteiger partial charge is 0.136 e. The van der Waals surface area contributed by atoms with Gasteiger partial charge in [-0.05, 0) is 26.2 Å². The first-order valence-corrected chi connectivity index (χ1v) is 8.31. The fraction of sp³-hybridized carbons (Fsp3) is 0.692. The summed E-state index contributed by atoms with van der Waals surface area (Å²) in [6.07, 6.45) is 4.91. The Labute approximate surface area is 116 Å². The molecule has 1 aliphatic rings. The number of rotatable bonds is 6. The van der Waals surface area contributed by atoms with Crippen LogP contribution in [0.5, 0.6) is 0 Å². The van der Waals surface area contributed by atoms with Crippen LogP contribution in [-0.2, 0) is 10.8 Å². The molecule has 106 valence electrons. The third kappa shape index (κ3) is 3.65. The molecule has 1 heterocycles. The van der Waals surface area contributed by atoms with Gasteiger partial charge in [-0.25, -0.2) is 9.97 Å². The number of anilines is 2. The maximum Gasteiger partial charge on any atom is 0.136 e. The molecule has 0 aromatic carbocycles. The Morgan fingerprint density at radius 1 is 1.47 bits per heavy atom. The highest BCUT2D eigenvalue weighted by atomic mass is 32.2. The highest BCUT2D eigenvalue weighted by Gasteiger charge is 2.27. The van der Waals surface area contributed by atoms with Crippen molar-refractivity contribution in [2.75, 3.05) is 23.9 Å². The van der Waals surface area contributed by atoms with E-state index in [0.717, 1.165) is 43.0 Å². The minimum absolute atomic E-state index is 0.190. The summed E-state index contributed by atoms with van der Waals surface area (Å²) < 4.78 is 11.3. The number of nitrogens with one attached hydrogen (secondary N) is 1. The van der Waals surface area contributed by atoms with Crippen molar-refractivity contribution in [1.82, 2.24) is 9.97 Å². The van der Waals surface area contributed by atoms with Crippen LogP contribution in [0.1, 0.15) is 43.5 Å². The number of aromatic nitrogens is 2. The summed E-state index contributed by atoms with van der Waals surface area (Å²) in [5.41, 5.74) is 6.82. The van der Waals surface area contributed by atoms with E-state index in [1.807, 2.05) is 13.8 Å². The van der Waals surface area contributed by atoms with Gasteiger partial charge in [-0.1, -0.05) is 6.92 Å². The van der Waals surface area contributed by atoms with Crippen LogP contribution in [0.4, 0.5) is 11.6 Å². The number of nitrogen functional groups attached to an aromatic ring is 1. The van der Waals surface area contributed by atoms with Crippen molar-refractivity contribution >= 4 is 22.4 Å². The van der Waals surface area contributed by atoms with Crippen molar-refractivity contribution in [2.24, 2.45) is 0 Å². The van der Waals surface area contributed by atoms with E-state index in [9.17, 15) is 4.21 Å². The van der Waals surface area contributed by atoms with Crippen LogP contribution >= 0.6 is 0 Å². The van der Waals surface area contributed by atoms with Crippen LogP contribution in [0.3, 0.4) is 0 Å². The van der Waals surface area contributed by atoms with E-state index in [4.69, 9.17) is 5.73 Å². The molecule has 2 atom stereocenters. The fourth-order valence-corrected chi connectivity index (χ4v) is 2.26. The molecule has 2 unspecified atom stereocenters. The molecule has 1 aromatic rings. The second kappa shape index (κ2) is 5.86. The molecule has 1 fully saturated rings. The van der Waals surface area contributed by atoms with Crippen molar-refractivity contribution in [3.8, 4) is 0 Å². The van der Waals surface area contributed by atoms with E-state index >= 15 is 0 Å². The van der Waals surface area contributed by atoms with E-state index in [0.29, 0.717) is 11.7 Å². The minimum atomic E-state index is -0.777. The molecule has 5 nitrogen and oxygen atoms in total. The minimum Gasteiger partial charge on any atom is -0.383 e. The molecule has 19 heavy (non-hydrogen) atoms. The molecule has 1 aliphatic carbocycles. The standard InChI is InChI=1S/C13H22N4OS/c1-8(19(3)18)6-7-15-12-9(2)11(14)16-13(17-12)10-4-5-10/h8,10H,4-7H2,1-3H3,(H3,14,15,16,17). The predicted molar refractivity (Wildman–Crippen MR) is 79.8 cm³/mol. The molecule has 1 aromatic heterocycles. The first-order chi connectivity index (χ1) is 8.99. The van der Waals surface area contributed by atoms with Crippen LogP contribution in [0.2, 0.25) is 0 Å². The quantitative estimate of drug-likeness (QED) is 0.831. The molecule has 0 spiro atoms. The molecule has 0 amide bonds. The Balaban J connectivity index is 2.00. The summed E-state index contributed by atoms with van der Waals surface area (Å²) in [4.78, 5) is 8.90. The number of hydrogen-bond acceptors (Lipinski definition) is 5. The van der Waals surface area contributed by atoms with Crippen molar-refractivity contribution in [3.63, 3.8) is 0 Å². The average Bonchev–Trinajstić information content (AvgIpc) is 3.18. The van der Waals surface area contributed by atoms with E-state index in [2.05, 4.69) is 15.3 Å². The molecule has 2 rings (SSSR count). The SMILES string of the molecule is Cc1c(N)nc(C2CC2)nc1NCCC(C)S(C)=O. The van der Waals surface area contributed by atoms with Crippen LogP contribution in [0.15, 0.2) is 0 Å². The van der Waals surface area contributed by atoms with Gasteiger partial charge >= 0.3 is 0 Å². The van der Waals surface area contributed by atoms with Gasteiger partial charge in [-0.2, -0.15) is 0 Å². The molecular weight excluding hydrogens is 260 g/mol. The number of nitrogens with zero attached hydrogens (tertiary/aromatic N) is 2. The van der Waals surface area contributed by atoms with E-state index in [1.54, 1.807) is 6.26 Å². The Morgan fingerprint density at radius 3 is 2.74 bits per heavy atom. The molecule has 0 radical (unpaired) electrons. The Hall–Kier alpha value is -1.17. The fourth-order valence-electron chi connectivity index (χ4n) is 1.81. The third-order valence-electron chi connectivity index (χ3n) is 3.55. The summed E-state index contributed by atoms with van der Waals surface area (Å²) in [6, 6.07) is 0. The van der Waals surface area contributed by atoms with Crippen molar-refractivity contribution in [3.05, 3.63) is 11.4 Å². The van der Waals surface area contributed by atoms with Gasteiger partial charge in [-0.15, -0.1) is 0 Å². The summed E-state index contributed by atoms with van der Waals surface area (Å²) >= 11 is 0. The monoisotopic (exact) mass is 282 g/mol. The molecule has 1 saturated carbocycles. The Kier molecular flexibility index (Phi) is 4.39. The largest absolute Gasteiger partial charge is 0.383 e. The van der Waals surface area contributed by atoms with Crippen molar-refractivity contribution < 1.29 is 4.21 Å². The van der Waals surface area contributed by atoms with Gasteiger partial charge in [0.1, 0.15) is 17.5 Å². The van der Waals surface area contributed by atoms with Gasteiger partial charge in [-0.3, -0.25) is 4.21 Å². The van der Waals surface area contributed by atoms with Crippen LogP contribution in [0.25, 0.3) is 0 Å². The maximum atomic E-state index is 11.3. The maximum absolute atomic E-state index is 11.3.